The molecule has 8 heteroatoms. The van der Waals surface area contributed by atoms with Crippen LogP contribution in [0.5, 0.6) is 0 Å². The predicted octanol–water partition coefficient (Wildman–Crippen LogP) is 2.28. The SMILES string of the molecule is CNC(=S)N/N=C\c1ccc(-c2ccc([N+](=O)[O-])cc2)o1. The Hall–Kier alpha value is -2.74. The van der Waals surface area contributed by atoms with Gasteiger partial charge in [0, 0.05) is 24.7 Å². The van der Waals surface area contributed by atoms with Crippen LogP contribution in [0.1, 0.15) is 5.76 Å². The molecular weight excluding hydrogens is 292 g/mol. The summed E-state index contributed by atoms with van der Waals surface area (Å²) in [7, 11) is 1.68. The molecule has 0 atom stereocenters. The Kier molecular flexibility index (Phi) is 4.62. The van der Waals surface area contributed by atoms with Crippen LogP contribution in [0.2, 0.25) is 0 Å². The molecule has 0 aliphatic rings. The van der Waals surface area contributed by atoms with E-state index in [-0.39, 0.29) is 5.69 Å². The van der Waals surface area contributed by atoms with Crippen LogP contribution in [0.15, 0.2) is 45.9 Å². The molecule has 1 aromatic carbocycles. The summed E-state index contributed by atoms with van der Waals surface area (Å²) in [4.78, 5) is 10.1. The number of hydrogen-bond donors (Lipinski definition) is 2. The highest BCUT2D eigenvalue weighted by Gasteiger charge is 2.07. The molecule has 2 rings (SSSR count). The van der Waals surface area contributed by atoms with Crippen molar-refractivity contribution >= 4 is 29.2 Å². The molecule has 0 aliphatic heterocycles. The zero-order valence-corrected chi connectivity index (χ0v) is 11.9. The maximum Gasteiger partial charge on any atom is 0.269 e. The molecule has 0 saturated carbocycles. The van der Waals surface area contributed by atoms with Gasteiger partial charge in [0.15, 0.2) is 5.11 Å². The van der Waals surface area contributed by atoms with Gasteiger partial charge in [0.05, 0.1) is 11.1 Å². The van der Waals surface area contributed by atoms with Crippen molar-refractivity contribution in [3.05, 3.63) is 52.3 Å². The Morgan fingerprint density at radius 3 is 2.67 bits per heavy atom. The lowest BCUT2D eigenvalue weighted by atomic mass is 10.1. The minimum absolute atomic E-state index is 0.0388. The Bertz CT molecular complexity index is 679. The molecule has 0 unspecified atom stereocenters. The number of non-ortho nitro benzene ring substituents is 1. The van der Waals surface area contributed by atoms with Crippen molar-refractivity contribution in [3.8, 4) is 11.3 Å². The smallest absolute Gasteiger partial charge is 0.269 e. The van der Waals surface area contributed by atoms with E-state index in [0.29, 0.717) is 16.6 Å². The van der Waals surface area contributed by atoms with Gasteiger partial charge in [-0.25, -0.2) is 0 Å². The van der Waals surface area contributed by atoms with Crippen LogP contribution in [0.3, 0.4) is 0 Å². The highest BCUT2D eigenvalue weighted by molar-refractivity contribution is 7.80. The van der Waals surface area contributed by atoms with Gasteiger partial charge in [-0.1, -0.05) is 0 Å². The number of thiocarbonyl (C=S) groups is 1. The topological polar surface area (TPSA) is 92.7 Å². The van der Waals surface area contributed by atoms with Crippen LogP contribution in [0, 0.1) is 10.1 Å². The number of nitro benzene ring substituents is 1. The second kappa shape index (κ2) is 6.62. The summed E-state index contributed by atoms with van der Waals surface area (Å²) in [6.07, 6.45) is 1.48. The fraction of sp³-hybridized carbons (Fsp3) is 0.0769. The summed E-state index contributed by atoms with van der Waals surface area (Å²) in [5.41, 5.74) is 3.39. The van der Waals surface area contributed by atoms with Gasteiger partial charge in [0.25, 0.3) is 5.69 Å². The van der Waals surface area contributed by atoms with E-state index in [1.807, 2.05) is 0 Å². The largest absolute Gasteiger partial charge is 0.455 e. The molecule has 0 spiro atoms. The zero-order chi connectivity index (χ0) is 15.2. The van der Waals surface area contributed by atoms with Crippen molar-refractivity contribution in [2.24, 2.45) is 5.10 Å². The van der Waals surface area contributed by atoms with Crippen molar-refractivity contribution in [1.29, 1.82) is 0 Å². The highest BCUT2D eigenvalue weighted by atomic mass is 32.1. The fourth-order valence-electron chi connectivity index (χ4n) is 1.54. The second-order valence-corrected chi connectivity index (χ2v) is 4.36. The molecule has 0 radical (unpaired) electrons. The summed E-state index contributed by atoms with van der Waals surface area (Å²) in [6, 6.07) is 9.62. The highest BCUT2D eigenvalue weighted by Crippen LogP contribution is 2.23. The minimum Gasteiger partial charge on any atom is -0.455 e. The summed E-state index contributed by atoms with van der Waals surface area (Å²) in [5.74, 6) is 1.14. The van der Waals surface area contributed by atoms with Crippen LogP contribution in [-0.2, 0) is 0 Å². The molecule has 0 amide bonds. The van der Waals surface area contributed by atoms with Crippen molar-refractivity contribution < 1.29 is 9.34 Å². The molecule has 1 heterocycles. The molecule has 7 nitrogen and oxygen atoms in total. The van der Waals surface area contributed by atoms with E-state index in [1.165, 1.54) is 18.3 Å². The maximum absolute atomic E-state index is 10.6. The number of nitro groups is 1. The maximum atomic E-state index is 10.6. The average Bonchev–Trinajstić information content (AvgIpc) is 2.96. The van der Waals surface area contributed by atoms with Crippen LogP contribution in [0.25, 0.3) is 11.3 Å². The molecule has 0 fully saturated rings. The van der Waals surface area contributed by atoms with E-state index in [0.717, 1.165) is 5.56 Å². The molecule has 21 heavy (non-hydrogen) atoms. The van der Waals surface area contributed by atoms with Gasteiger partial charge in [-0.05, 0) is 36.5 Å². The van der Waals surface area contributed by atoms with Gasteiger partial charge in [-0.15, -0.1) is 0 Å². The molecule has 2 aromatic rings. The number of nitrogens with one attached hydrogen (secondary N) is 2. The molecule has 0 aliphatic carbocycles. The van der Waals surface area contributed by atoms with Crippen LogP contribution in [-0.4, -0.2) is 23.3 Å². The van der Waals surface area contributed by atoms with E-state index in [1.54, 1.807) is 31.3 Å². The summed E-state index contributed by atoms with van der Waals surface area (Å²) >= 11 is 4.86. The van der Waals surface area contributed by atoms with E-state index in [2.05, 4.69) is 15.8 Å². The van der Waals surface area contributed by atoms with Crippen LogP contribution < -0.4 is 10.7 Å². The molecule has 0 saturated heterocycles. The normalized spacial score (nSPS) is 10.5. The van der Waals surface area contributed by atoms with E-state index in [9.17, 15) is 10.1 Å². The van der Waals surface area contributed by atoms with Crippen molar-refractivity contribution in [1.82, 2.24) is 10.7 Å². The van der Waals surface area contributed by atoms with Gasteiger partial charge in [0.1, 0.15) is 11.5 Å². The van der Waals surface area contributed by atoms with Gasteiger partial charge in [0.2, 0.25) is 0 Å². The number of furan rings is 1. The van der Waals surface area contributed by atoms with E-state index < -0.39 is 4.92 Å². The standard InChI is InChI=1S/C13H12N4O3S/c1-14-13(21)16-15-8-11-6-7-12(20-11)9-2-4-10(5-3-9)17(18)19/h2-8H,1H3,(H2,14,16,21)/b15-8-. The van der Waals surface area contributed by atoms with Crippen LogP contribution >= 0.6 is 12.2 Å². The molecule has 0 bridgehead atoms. The van der Waals surface area contributed by atoms with Gasteiger partial charge >= 0.3 is 0 Å². The van der Waals surface area contributed by atoms with Crippen molar-refractivity contribution in [2.75, 3.05) is 7.05 Å². The number of nitrogens with zero attached hydrogens (tertiary/aromatic N) is 2. The third-order valence-electron chi connectivity index (χ3n) is 2.57. The summed E-state index contributed by atoms with van der Waals surface area (Å²) in [6.45, 7) is 0. The molecular formula is C13H12N4O3S. The van der Waals surface area contributed by atoms with E-state index in [4.69, 9.17) is 16.6 Å². The Balaban J connectivity index is 2.09. The lowest BCUT2D eigenvalue weighted by molar-refractivity contribution is -0.384. The lowest BCUT2D eigenvalue weighted by Gasteiger charge is -1.98. The first-order valence-electron chi connectivity index (χ1n) is 5.95. The van der Waals surface area contributed by atoms with Crippen molar-refractivity contribution in [2.45, 2.75) is 0 Å². The second-order valence-electron chi connectivity index (χ2n) is 3.96. The molecule has 108 valence electrons. The zero-order valence-electron chi connectivity index (χ0n) is 11.1. The minimum atomic E-state index is -0.444. The number of rotatable bonds is 4. The number of hydrogen-bond acceptors (Lipinski definition) is 5. The van der Waals surface area contributed by atoms with Gasteiger partial charge < -0.3 is 9.73 Å². The summed E-state index contributed by atoms with van der Waals surface area (Å²) < 4.78 is 5.56. The molecule has 1 aromatic heterocycles. The quantitative estimate of drug-likeness (QED) is 0.389. The monoisotopic (exact) mass is 304 g/mol. The van der Waals surface area contributed by atoms with Gasteiger partial charge in [-0.2, -0.15) is 5.10 Å². The lowest BCUT2D eigenvalue weighted by Crippen LogP contribution is -2.28. The van der Waals surface area contributed by atoms with Crippen molar-refractivity contribution in [3.63, 3.8) is 0 Å². The first kappa shape index (κ1) is 14.7. The summed E-state index contributed by atoms with van der Waals surface area (Å²) in [5, 5.41) is 17.6. The number of benzene rings is 1. The first-order chi connectivity index (χ1) is 10.1. The van der Waals surface area contributed by atoms with Crippen LogP contribution in [0.4, 0.5) is 5.69 Å². The fourth-order valence-corrected chi connectivity index (χ4v) is 1.59. The third-order valence-corrected chi connectivity index (χ3v) is 2.87. The Morgan fingerprint density at radius 1 is 1.33 bits per heavy atom. The van der Waals surface area contributed by atoms with Gasteiger partial charge in [-0.3, -0.25) is 15.5 Å². The Labute approximate surface area is 125 Å². The predicted molar refractivity (Wildman–Crippen MR) is 83.2 cm³/mol. The average molecular weight is 304 g/mol. The first-order valence-corrected chi connectivity index (χ1v) is 6.36. The number of hydrazone groups is 1. The Morgan fingerprint density at radius 2 is 2.05 bits per heavy atom. The van der Waals surface area contributed by atoms with E-state index >= 15 is 0 Å². The third kappa shape index (κ3) is 3.86. The molecule has 2 N–H and O–H groups in total.